The van der Waals surface area contributed by atoms with Crippen molar-refractivity contribution in [2.75, 3.05) is 13.2 Å². The number of ether oxygens (including phenoxy) is 1. The van der Waals surface area contributed by atoms with Crippen LogP contribution in [0.1, 0.15) is 10.4 Å². The number of rotatable bonds is 6. The van der Waals surface area contributed by atoms with Gasteiger partial charge in [0, 0.05) is 4.88 Å². The van der Waals surface area contributed by atoms with Crippen LogP contribution in [0.4, 0.5) is 0 Å². The maximum atomic E-state index is 8.65. The normalized spacial score (nSPS) is 10.3. The van der Waals surface area contributed by atoms with Crippen molar-refractivity contribution in [3.8, 4) is 11.8 Å². The Balaban J connectivity index is 1.65. The van der Waals surface area contributed by atoms with E-state index in [0.717, 1.165) is 4.88 Å². The van der Waals surface area contributed by atoms with E-state index in [1.54, 1.807) is 41.8 Å². The molecule has 1 aromatic heterocycles. The van der Waals surface area contributed by atoms with Gasteiger partial charge in [0.25, 0.3) is 0 Å². The van der Waals surface area contributed by atoms with Gasteiger partial charge in [-0.15, -0.1) is 11.3 Å². The number of oxime groups is 1. The second-order valence-electron chi connectivity index (χ2n) is 3.57. The lowest BCUT2D eigenvalue weighted by molar-refractivity contribution is 0.108. The number of benzene rings is 1. The summed E-state index contributed by atoms with van der Waals surface area (Å²) in [5, 5.41) is 14.5. The van der Waals surface area contributed by atoms with Crippen LogP contribution in [-0.2, 0) is 4.84 Å². The first-order chi connectivity index (χ1) is 9.38. The van der Waals surface area contributed by atoms with E-state index in [0.29, 0.717) is 24.5 Å². The minimum Gasteiger partial charge on any atom is -0.490 e. The molecule has 0 bridgehead atoms. The highest BCUT2D eigenvalue weighted by Crippen LogP contribution is 2.11. The second-order valence-corrected chi connectivity index (χ2v) is 4.55. The SMILES string of the molecule is N#Cc1ccc(OCCO/N=C/c2cccs2)cc1. The average molecular weight is 272 g/mol. The molecule has 0 spiro atoms. The van der Waals surface area contributed by atoms with Crippen molar-refractivity contribution in [3.05, 3.63) is 52.2 Å². The molecule has 1 aromatic carbocycles. The van der Waals surface area contributed by atoms with E-state index in [1.807, 2.05) is 17.5 Å². The molecule has 4 nitrogen and oxygen atoms in total. The molecule has 2 aromatic rings. The highest BCUT2D eigenvalue weighted by molar-refractivity contribution is 7.11. The van der Waals surface area contributed by atoms with Gasteiger partial charge in [0.2, 0.25) is 0 Å². The summed E-state index contributed by atoms with van der Waals surface area (Å²) in [6, 6.07) is 12.9. The maximum Gasteiger partial charge on any atom is 0.151 e. The summed E-state index contributed by atoms with van der Waals surface area (Å²) in [4.78, 5) is 6.12. The lowest BCUT2D eigenvalue weighted by atomic mass is 10.2. The van der Waals surface area contributed by atoms with Crippen LogP contribution < -0.4 is 4.74 Å². The zero-order chi connectivity index (χ0) is 13.3. The van der Waals surface area contributed by atoms with Crippen molar-refractivity contribution < 1.29 is 9.57 Å². The van der Waals surface area contributed by atoms with Gasteiger partial charge >= 0.3 is 0 Å². The van der Waals surface area contributed by atoms with Crippen LogP contribution in [0.25, 0.3) is 0 Å². The fraction of sp³-hybridized carbons (Fsp3) is 0.143. The van der Waals surface area contributed by atoms with Crippen LogP contribution in [0.5, 0.6) is 5.75 Å². The molecule has 0 radical (unpaired) electrons. The molecule has 0 aliphatic carbocycles. The first kappa shape index (κ1) is 13.1. The molecular formula is C14H12N2O2S. The molecule has 1 heterocycles. The summed E-state index contributed by atoms with van der Waals surface area (Å²) in [6.45, 7) is 0.787. The van der Waals surface area contributed by atoms with Gasteiger partial charge in [0.05, 0.1) is 17.8 Å². The maximum absolute atomic E-state index is 8.65. The zero-order valence-electron chi connectivity index (χ0n) is 10.2. The Hall–Kier alpha value is -2.32. The highest BCUT2D eigenvalue weighted by Gasteiger charge is 1.94. The zero-order valence-corrected chi connectivity index (χ0v) is 11.0. The third-order valence-electron chi connectivity index (χ3n) is 2.22. The lowest BCUT2D eigenvalue weighted by Crippen LogP contribution is -2.04. The van der Waals surface area contributed by atoms with Gasteiger partial charge in [0.1, 0.15) is 12.4 Å². The van der Waals surface area contributed by atoms with E-state index in [1.165, 1.54) is 0 Å². The van der Waals surface area contributed by atoms with Gasteiger partial charge in [-0.2, -0.15) is 5.26 Å². The minimum atomic E-state index is 0.377. The van der Waals surface area contributed by atoms with Crippen LogP contribution in [0.15, 0.2) is 46.9 Å². The van der Waals surface area contributed by atoms with Gasteiger partial charge in [-0.25, -0.2) is 0 Å². The molecular weight excluding hydrogens is 260 g/mol. The molecule has 0 saturated heterocycles. The monoisotopic (exact) mass is 272 g/mol. The smallest absolute Gasteiger partial charge is 0.151 e. The molecule has 19 heavy (non-hydrogen) atoms. The van der Waals surface area contributed by atoms with Crippen LogP contribution in [0.3, 0.4) is 0 Å². The van der Waals surface area contributed by atoms with Crippen LogP contribution >= 0.6 is 11.3 Å². The van der Waals surface area contributed by atoms with E-state index < -0.39 is 0 Å². The van der Waals surface area contributed by atoms with Crippen molar-refractivity contribution in [2.45, 2.75) is 0 Å². The number of nitrogens with zero attached hydrogens (tertiary/aromatic N) is 2. The first-order valence-corrected chi connectivity index (χ1v) is 6.58. The van der Waals surface area contributed by atoms with Crippen LogP contribution in [0, 0.1) is 11.3 Å². The Bertz CT molecular complexity index is 556. The van der Waals surface area contributed by atoms with Crippen molar-refractivity contribution in [2.24, 2.45) is 5.16 Å². The Kier molecular flexibility index (Phi) is 4.96. The van der Waals surface area contributed by atoms with Gasteiger partial charge in [0.15, 0.2) is 6.61 Å². The third-order valence-corrected chi connectivity index (χ3v) is 3.03. The van der Waals surface area contributed by atoms with E-state index in [9.17, 15) is 0 Å². The molecule has 0 fully saturated rings. The van der Waals surface area contributed by atoms with Crippen molar-refractivity contribution in [3.63, 3.8) is 0 Å². The van der Waals surface area contributed by atoms with Crippen LogP contribution in [0.2, 0.25) is 0 Å². The van der Waals surface area contributed by atoms with Gasteiger partial charge in [-0.1, -0.05) is 11.2 Å². The van der Waals surface area contributed by atoms with Crippen molar-refractivity contribution >= 4 is 17.6 Å². The predicted molar refractivity (Wildman–Crippen MR) is 74.5 cm³/mol. The van der Waals surface area contributed by atoms with E-state index in [4.69, 9.17) is 14.8 Å². The standard InChI is InChI=1S/C14H12N2O2S/c15-10-12-3-5-13(6-4-12)17-7-8-18-16-11-14-2-1-9-19-14/h1-6,9,11H,7-8H2/b16-11+. The Morgan fingerprint density at radius 3 is 2.74 bits per heavy atom. The van der Waals surface area contributed by atoms with E-state index >= 15 is 0 Å². The lowest BCUT2D eigenvalue weighted by Gasteiger charge is -2.04. The summed E-state index contributed by atoms with van der Waals surface area (Å²) in [5.41, 5.74) is 0.615. The number of hydrogen-bond donors (Lipinski definition) is 0. The molecule has 0 N–H and O–H groups in total. The molecule has 0 saturated carbocycles. The highest BCUT2D eigenvalue weighted by atomic mass is 32.1. The van der Waals surface area contributed by atoms with Gasteiger partial charge in [-0.05, 0) is 35.7 Å². The van der Waals surface area contributed by atoms with Gasteiger partial charge < -0.3 is 9.57 Å². The Morgan fingerprint density at radius 2 is 2.05 bits per heavy atom. The summed E-state index contributed by atoms with van der Waals surface area (Å²) in [5.74, 6) is 0.713. The largest absolute Gasteiger partial charge is 0.490 e. The molecule has 96 valence electrons. The van der Waals surface area contributed by atoms with Crippen molar-refractivity contribution in [1.82, 2.24) is 0 Å². The summed E-state index contributed by atoms with van der Waals surface area (Å²) in [6.07, 6.45) is 1.67. The Morgan fingerprint density at radius 1 is 1.21 bits per heavy atom. The van der Waals surface area contributed by atoms with Crippen LogP contribution in [-0.4, -0.2) is 19.4 Å². The Labute approximate surface area is 115 Å². The summed E-state index contributed by atoms with van der Waals surface area (Å²) >= 11 is 1.60. The van der Waals surface area contributed by atoms with Gasteiger partial charge in [-0.3, -0.25) is 0 Å². The number of nitriles is 1. The van der Waals surface area contributed by atoms with E-state index in [-0.39, 0.29) is 0 Å². The molecule has 0 amide bonds. The fourth-order valence-corrected chi connectivity index (χ4v) is 1.90. The number of thiophene rings is 1. The molecule has 0 aliphatic heterocycles. The fourth-order valence-electron chi connectivity index (χ4n) is 1.33. The predicted octanol–water partition coefficient (Wildman–Crippen LogP) is 3.05. The van der Waals surface area contributed by atoms with Crippen molar-refractivity contribution in [1.29, 1.82) is 5.26 Å². The first-order valence-electron chi connectivity index (χ1n) is 5.70. The topological polar surface area (TPSA) is 54.6 Å². The van der Waals surface area contributed by atoms with E-state index in [2.05, 4.69) is 11.2 Å². The molecule has 0 aliphatic rings. The summed E-state index contributed by atoms with van der Waals surface area (Å²) in [7, 11) is 0. The number of hydrogen-bond acceptors (Lipinski definition) is 5. The molecule has 5 heteroatoms. The third kappa shape index (κ3) is 4.45. The molecule has 2 rings (SSSR count). The minimum absolute atomic E-state index is 0.377. The molecule has 0 atom stereocenters. The quantitative estimate of drug-likeness (QED) is 0.461. The summed E-state index contributed by atoms with van der Waals surface area (Å²) < 4.78 is 5.44. The molecule has 0 unspecified atom stereocenters. The second kappa shape index (κ2) is 7.19. The average Bonchev–Trinajstić information content (AvgIpc) is 2.96.